The molecule has 21 heavy (non-hydrogen) atoms. The lowest BCUT2D eigenvalue weighted by atomic mass is 9.76. The Morgan fingerprint density at radius 2 is 1.67 bits per heavy atom. The largest absolute Gasteiger partial charge is 0.316 e. The number of hydrogen-bond acceptors (Lipinski definition) is 1. The van der Waals surface area contributed by atoms with E-state index >= 15 is 0 Å². The lowest BCUT2D eigenvalue weighted by molar-refractivity contribution is 0.226. The van der Waals surface area contributed by atoms with Gasteiger partial charge in [-0.05, 0) is 67.8 Å². The summed E-state index contributed by atoms with van der Waals surface area (Å²) in [5, 5.41) is 3.54. The van der Waals surface area contributed by atoms with Crippen molar-refractivity contribution in [3.8, 4) is 0 Å². The molecule has 1 nitrogen and oxygen atoms in total. The summed E-state index contributed by atoms with van der Waals surface area (Å²) >= 11 is 0. The summed E-state index contributed by atoms with van der Waals surface area (Å²) in [5.74, 6) is 0.901. The Balaban J connectivity index is 1.94. The van der Waals surface area contributed by atoms with Crippen LogP contribution in [0.1, 0.15) is 45.1 Å². The zero-order chi connectivity index (χ0) is 15.2. The van der Waals surface area contributed by atoms with Gasteiger partial charge in [-0.15, -0.1) is 0 Å². The van der Waals surface area contributed by atoms with Crippen LogP contribution in [0.5, 0.6) is 0 Å². The molecule has 1 N–H and O–H groups in total. The summed E-state index contributed by atoms with van der Waals surface area (Å²) in [6, 6.07) is 3.92. The van der Waals surface area contributed by atoms with Crippen molar-refractivity contribution in [3.05, 3.63) is 35.4 Å². The van der Waals surface area contributed by atoms with Gasteiger partial charge < -0.3 is 5.32 Å². The van der Waals surface area contributed by atoms with Crippen molar-refractivity contribution in [3.63, 3.8) is 0 Å². The highest BCUT2D eigenvalue weighted by molar-refractivity contribution is 5.18. The first kappa shape index (κ1) is 16.4. The SMILES string of the molecule is CC(C)CNCC1CCCCC1Cc1cc(F)cc(F)c1. The quantitative estimate of drug-likeness (QED) is 0.811. The number of rotatable bonds is 6. The molecule has 1 aromatic carbocycles. The first-order valence-corrected chi connectivity index (χ1v) is 8.20. The summed E-state index contributed by atoms with van der Waals surface area (Å²) in [4.78, 5) is 0. The van der Waals surface area contributed by atoms with Gasteiger partial charge in [0.1, 0.15) is 11.6 Å². The minimum absolute atomic E-state index is 0.463. The molecule has 2 rings (SSSR count). The fourth-order valence-electron chi connectivity index (χ4n) is 3.41. The fraction of sp³-hybridized carbons (Fsp3) is 0.667. The molecule has 0 amide bonds. The normalized spacial score (nSPS) is 22.7. The average Bonchev–Trinajstić information content (AvgIpc) is 2.39. The van der Waals surface area contributed by atoms with Crippen molar-refractivity contribution < 1.29 is 8.78 Å². The Bertz CT molecular complexity index is 425. The summed E-state index contributed by atoms with van der Waals surface area (Å²) in [5.41, 5.74) is 0.799. The smallest absolute Gasteiger partial charge is 0.126 e. The van der Waals surface area contributed by atoms with Gasteiger partial charge in [0.2, 0.25) is 0 Å². The van der Waals surface area contributed by atoms with E-state index in [0.717, 1.165) is 31.1 Å². The summed E-state index contributed by atoms with van der Waals surface area (Å²) in [7, 11) is 0. The first-order valence-electron chi connectivity index (χ1n) is 8.20. The van der Waals surface area contributed by atoms with Gasteiger partial charge in [-0.1, -0.05) is 26.7 Å². The number of nitrogens with one attached hydrogen (secondary N) is 1. The predicted octanol–water partition coefficient (Wildman–Crippen LogP) is 4.56. The highest BCUT2D eigenvalue weighted by Crippen LogP contribution is 2.32. The maximum absolute atomic E-state index is 13.3. The molecule has 0 radical (unpaired) electrons. The lowest BCUT2D eigenvalue weighted by Crippen LogP contribution is -2.33. The zero-order valence-corrected chi connectivity index (χ0v) is 13.2. The van der Waals surface area contributed by atoms with Crippen LogP contribution in [0.4, 0.5) is 8.78 Å². The highest BCUT2D eigenvalue weighted by atomic mass is 19.1. The summed E-state index contributed by atoms with van der Waals surface area (Å²) < 4.78 is 26.6. The van der Waals surface area contributed by atoms with Gasteiger partial charge in [0.25, 0.3) is 0 Å². The van der Waals surface area contributed by atoms with Crippen molar-refractivity contribution in [1.82, 2.24) is 5.32 Å². The van der Waals surface area contributed by atoms with Crippen LogP contribution in [-0.2, 0) is 6.42 Å². The van der Waals surface area contributed by atoms with Gasteiger partial charge in [-0.2, -0.15) is 0 Å². The van der Waals surface area contributed by atoms with Gasteiger partial charge >= 0.3 is 0 Å². The summed E-state index contributed by atoms with van der Waals surface area (Å²) in [6.07, 6.45) is 5.72. The van der Waals surface area contributed by atoms with Gasteiger partial charge in [0, 0.05) is 6.07 Å². The van der Waals surface area contributed by atoms with Crippen molar-refractivity contribution in [2.24, 2.45) is 17.8 Å². The van der Waals surface area contributed by atoms with Crippen molar-refractivity contribution in [2.75, 3.05) is 13.1 Å². The molecule has 3 heteroatoms. The molecule has 1 fully saturated rings. The maximum atomic E-state index is 13.3. The molecule has 0 aromatic heterocycles. The standard InChI is InChI=1S/C18H27F2N/c1-13(2)11-21-12-16-6-4-3-5-15(16)7-14-8-17(19)10-18(20)9-14/h8-10,13,15-16,21H,3-7,11-12H2,1-2H3. The van der Waals surface area contributed by atoms with Gasteiger partial charge in [-0.25, -0.2) is 8.78 Å². The van der Waals surface area contributed by atoms with Crippen molar-refractivity contribution in [2.45, 2.75) is 46.0 Å². The number of halogens is 2. The lowest BCUT2D eigenvalue weighted by Gasteiger charge is -2.32. The molecule has 0 aliphatic heterocycles. The molecule has 2 unspecified atom stereocenters. The molecule has 0 bridgehead atoms. The second-order valence-electron chi connectivity index (χ2n) is 6.84. The molecule has 0 saturated heterocycles. The molecule has 1 aromatic rings. The molecular weight excluding hydrogens is 268 g/mol. The Morgan fingerprint density at radius 3 is 2.29 bits per heavy atom. The Morgan fingerprint density at radius 1 is 1.05 bits per heavy atom. The fourth-order valence-corrected chi connectivity index (χ4v) is 3.41. The van der Waals surface area contributed by atoms with Crippen molar-refractivity contribution >= 4 is 0 Å². The minimum Gasteiger partial charge on any atom is -0.316 e. The number of benzene rings is 1. The summed E-state index contributed by atoms with van der Waals surface area (Å²) in [6.45, 7) is 6.49. The van der Waals surface area contributed by atoms with E-state index in [9.17, 15) is 8.78 Å². The van der Waals surface area contributed by atoms with E-state index in [1.807, 2.05) is 0 Å². The third-order valence-electron chi connectivity index (χ3n) is 4.45. The molecule has 1 aliphatic carbocycles. The molecule has 0 spiro atoms. The van der Waals surface area contributed by atoms with Gasteiger partial charge in [-0.3, -0.25) is 0 Å². The van der Waals surface area contributed by atoms with Crippen LogP contribution in [0, 0.1) is 29.4 Å². The van der Waals surface area contributed by atoms with E-state index in [2.05, 4.69) is 19.2 Å². The van der Waals surface area contributed by atoms with Crippen LogP contribution >= 0.6 is 0 Å². The Hall–Kier alpha value is -0.960. The third kappa shape index (κ3) is 5.39. The maximum Gasteiger partial charge on any atom is 0.126 e. The van der Waals surface area contributed by atoms with Gasteiger partial charge in [0.05, 0.1) is 0 Å². The predicted molar refractivity (Wildman–Crippen MR) is 83.2 cm³/mol. The van der Waals surface area contributed by atoms with Crippen LogP contribution in [0.2, 0.25) is 0 Å². The highest BCUT2D eigenvalue weighted by Gasteiger charge is 2.25. The third-order valence-corrected chi connectivity index (χ3v) is 4.45. The first-order chi connectivity index (χ1) is 10.0. The van der Waals surface area contributed by atoms with Crippen LogP contribution in [0.15, 0.2) is 18.2 Å². The van der Waals surface area contributed by atoms with Crippen LogP contribution in [0.3, 0.4) is 0 Å². The van der Waals surface area contributed by atoms with E-state index < -0.39 is 11.6 Å². The van der Waals surface area contributed by atoms with E-state index in [1.165, 1.54) is 37.8 Å². The minimum atomic E-state index is -0.463. The molecular formula is C18H27F2N. The topological polar surface area (TPSA) is 12.0 Å². The average molecular weight is 295 g/mol. The van der Waals surface area contributed by atoms with Crippen molar-refractivity contribution in [1.29, 1.82) is 0 Å². The molecule has 118 valence electrons. The van der Waals surface area contributed by atoms with Crippen LogP contribution in [-0.4, -0.2) is 13.1 Å². The molecule has 1 aliphatic rings. The van der Waals surface area contributed by atoms with E-state index in [4.69, 9.17) is 0 Å². The van der Waals surface area contributed by atoms with Gasteiger partial charge in [0.15, 0.2) is 0 Å². The molecule has 2 atom stereocenters. The second-order valence-corrected chi connectivity index (χ2v) is 6.84. The molecule has 1 saturated carbocycles. The second kappa shape index (κ2) is 7.88. The Labute approximate surface area is 127 Å². The van der Waals surface area contributed by atoms with E-state index in [-0.39, 0.29) is 0 Å². The number of hydrogen-bond donors (Lipinski definition) is 1. The Kier molecular flexibility index (Phi) is 6.16. The zero-order valence-electron chi connectivity index (χ0n) is 13.2. The van der Waals surface area contributed by atoms with E-state index in [1.54, 1.807) is 0 Å². The van der Waals surface area contributed by atoms with E-state index in [0.29, 0.717) is 17.8 Å². The molecule has 0 heterocycles. The van der Waals surface area contributed by atoms with Crippen LogP contribution < -0.4 is 5.32 Å². The van der Waals surface area contributed by atoms with Crippen LogP contribution in [0.25, 0.3) is 0 Å². The monoisotopic (exact) mass is 295 g/mol.